The van der Waals surface area contributed by atoms with E-state index in [-0.39, 0.29) is 29.7 Å². The van der Waals surface area contributed by atoms with E-state index in [9.17, 15) is 14.4 Å². The number of aromatic nitrogens is 1. The van der Waals surface area contributed by atoms with Crippen molar-refractivity contribution in [2.75, 3.05) is 30.9 Å². The third-order valence-corrected chi connectivity index (χ3v) is 4.16. The van der Waals surface area contributed by atoms with Crippen molar-refractivity contribution in [1.82, 2.24) is 9.88 Å². The van der Waals surface area contributed by atoms with Gasteiger partial charge in [-0.05, 0) is 36.8 Å². The number of halogens is 1. The monoisotopic (exact) mass is 388 g/mol. The molecule has 2 N–H and O–H groups in total. The van der Waals surface area contributed by atoms with Crippen LogP contribution in [0.4, 0.5) is 16.3 Å². The van der Waals surface area contributed by atoms with Crippen LogP contribution >= 0.6 is 11.6 Å². The van der Waals surface area contributed by atoms with Crippen molar-refractivity contribution in [2.24, 2.45) is 0 Å². The molecule has 0 saturated heterocycles. The lowest BCUT2D eigenvalue weighted by Gasteiger charge is -2.12. The van der Waals surface area contributed by atoms with E-state index >= 15 is 0 Å². The lowest BCUT2D eigenvalue weighted by atomic mass is 10.1. The molecule has 0 aliphatic carbocycles. The van der Waals surface area contributed by atoms with E-state index in [1.807, 2.05) is 0 Å². The van der Waals surface area contributed by atoms with E-state index in [4.69, 9.17) is 16.3 Å². The summed E-state index contributed by atoms with van der Waals surface area (Å²) in [6.45, 7) is 0.738. The molecule has 1 aliphatic heterocycles. The molecule has 0 unspecified atom stereocenters. The Labute approximate surface area is 160 Å². The number of urea groups is 1. The number of hydrogen-bond acceptors (Lipinski definition) is 5. The summed E-state index contributed by atoms with van der Waals surface area (Å²) in [6.07, 6.45) is 2.03. The number of amides is 4. The van der Waals surface area contributed by atoms with Crippen LogP contribution in [0.2, 0.25) is 5.02 Å². The maximum Gasteiger partial charge on any atom is 0.324 e. The molecule has 0 saturated carbocycles. The molecule has 1 aliphatic rings. The van der Waals surface area contributed by atoms with E-state index in [0.29, 0.717) is 29.3 Å². The number of carbonyl (C=O) groups excluding carboxylic acids is 3. The Morgan fingerprint density at radius 1 is 1.15 bits per heavy atom. The van der Waals surface area contributed by atoms with Crippen molar-refractivity contribution in [3.8, 4) is 0 Å². The van der Waals surface area contributed by atoms with Gasteiger partial charge in [-0.3, -0.25) is 19.8 Å². The van der Waals surface area contributed by atoms with Crippen molar-refractivity contribution < 1.29 is 19.1 Å². The molecule has 27 heavy (non-hydrogen) atoms. The van der Waals surface area contributed by atoms with Crippen molar-refractivity contribution in [3.63, 3.8) is 0 Å². The quantitative estimate of drug-likeness (QED) is 0.585. The van der Waals surface area contributed by atoms with Crippen LogP contribution in [0.5, 0.6) is 0 Å². The molecule has 2 heterocycles. The Morgan fingerprint density at radius 3 is 2.67 bits per heavy atom. The molecule has 0 radical (unpaired) electrons. The molecule has 0 atom stereocenters. The fourth-order valence-corrected chi connectivity index (χ4v) is 2.85. The third-order valence-electron chi connectivity index (χ3n) is 3.92. The van der Waals surface area contributed by atoms with E-state index in [1.165, 1.54) is 29.3 Å². The van der Waals surface area contributed by atoms with E-state index in [1.54, 1.807) is 19.2 Å². The first-order chi connectivity index (χ1) is 13.0. The minimum absolute atomic E-state index is 0.260. The average Bonchev–Trinajstić information content (AvgIpc) is 2.86. The van der Waals surface area contributed by atoms with E-state index < -0.39 is 6.03 Å². The SMILES string of the molecule is COCCCN1C(=O)c2ccc(NC(=O)Nc3cc(Cl)ccn3)cc2C1=O. The van der Waals surface area contributed by atoms with Crippen LogP contribution in [-0.2, 0) is 4.74 Å². The molecule has 2 aromatic rings. The Hall–Kier alpha value is -2.97. The zero-order valence-corrected chi connectivity index (χ0v) is 15.2. The van der Waals surface area contributed by atoms with Crippen LogP contribution in [0, 0.1) is 0 Å². The summed E-state index contributed by atoms with van der Waals surface area (Å²) in [5, 5.41) is 5.59. The van der Waals surface area contributed by atoms with Crippen LogP contribution in [0.3, 0.4) is 0 Å². The number of imide groups is 1. The Balaban J connectivity index is 1.69. The smallest absolute Gasteiger partial charge is 0.324 e. The molecule has 3 rings (SSSR count). The number of benzene rings is 1. The number of methoxy groups -OCH3 is 1. The summed E-state index contributed by atoms with van der Waals surface area (Å²) in [5.74, 6) is -0.436. The summed E-state index contributed by atoms with van der Waals surface area (Å²) in [5.41, 5.74) is 0.962. The highest BCUT2D eigenvalue weighted by Gasteiger charge is 2.35. The zero-order valence-electron chi connectivity index (χ0n) is 14.5. The first-order valence-corrected chi connectivity index (χ1v) is 8.56. The van der Waals surface area contributed by atoms with Gasteiger partial charge in [0.1, 0.15) is 5.82 Å². The van der Waals surface area contributed by atoms with Crippen LogP contribution in [0.1, 0.15) is 27.1 Å². The molecular weight excluding hydrogens is 372 g/mol. The van der Waals surface area contributed by atoms with Gasteiger partial charge >= 0.3 is 6.03 Å². The fraction of sp³-hybridized carbons (Fsp3) is 0.222. The molecule has 140 valence electrons. The molecule has 0 spiro atoms. The van der Waals surface area contributed by atoms with E-state index in [0.717, 1.165) is 0 Å². The summed E-state index contributed by atoms with van der Waals surface area (Å²) < 4.78 is 4.95. The van der Waals surface area contributed by atoms with Crippen molar-refractivity contribution >= 4 is 41.0 Å². The van der Waals surface area contributed by atoms with Crippen molar-refractivity contribution in [2.45, 2.75) is 6.42 Å². The summed E-state index contributed by atoms with van der Waals surface area (Å²) in [7, 11) is 1.56. The standard InChI is InChI=1S/C18H17ClN4O4/c1-27-8-2-7-23-16(24)13-4-3-12(10-14(13)17(23)25)21-18(26)22-15-9-11(19)5-6-20-15/h3-6,9-10H,2,7-8H2,1H3,(H2,20,21,22,26). The highest BCUT2D eigenvalue weighted by molar-refractivity contribution is 6.30. The number of nitrogens with zero attached hydrogens (tertiary/aromatic N) is 2. The predicted octanol–water partition coefficient (Wildman–Crippen LogP) is 3.01. The minimum atomic E-state index is -0.543. The van der Waals surface area contributed by atoms with Gasteiger partial charge in [-0.1, -0.05) is 11.6 Å². The summed E-state index contributed by atoms with van der Waals surface area (Å²) >= 11 is 5.85. The predicted molar refractivity (Wildman–Crippen MR) is 100 cm³/mol. The number of pyridine rings is 1. The molecule has 4 amide bonds. The van der Waals surface area contributed by atoms with Gasteiger partial charge in [0.15, 0.2) is 0 Å². The molecule has 1 aromatic heterocycles. The number of hydrogen-bond donors (Lipinski definition) is 2. The average molecular weight is 389 g/mol. The van der Waals surface area contributed by atoms with Crippen LogP contribution in [-0.4, -0.2) is 48.0 Å². The van der Waals surface area contributed by atoms with Crippen LogP contribution < -0.4 is 10.6 Å². The number of anilines is 2. The first-order valence-electron chi connectivity index (χ1n) is 8.18. The van der Waals surface area contributed by atoms with Crippen LogP contribution in [0.15, 0.2) is 36.5 Å². The summed E-state index contributed by atoms with van der Waals surface area (Å²) in [4.78, 5) is 42.1. The van der Waals surface area contributed by atoms with Gasteiger partial charge < -0.3 is 10.1 Å². The fourth-order valence-electron chi connectivity index (χ4n) is 2.69. The van der Waals surface area contributed by atoms with Gasteiger partial charge in [0.05, 0.1) is 11.1 Å². The summed E-state index contributed by atoms with van der Waals surface area (Å²) in [6, 6.07) is 7.12. The Morgan fingerprint density at radius 2 is 1.93 bits per heavy atom. The van der Waals surface area contributed by atoms with Crippen molar-refractivity contribution in [3.05, 3.63) is 52.7 Å². The number of ether oxygens (including phenoxy) is 1. The van der Waals surface area contributed by atoms with Gasteiger partial charge in [0.25, 0.3) is 11.8 Å². The second-order valence-corrected chi connectivity index (χ2v) is 6.24. The molecule has 1 aromatic carbocycles. The van der Waals surface area contributed by atoms with Gasteiger partial charge in [-0.15, -0.1) is 0 Å². The maximum atomic E-state index is 12.5. The number of rotatable bonds is 6. The zero-order chi connectivity index (χ0) is 19.4. The van der Waals surface area contributed by atoms with Crippen molar-refractivity contribution in [1.29, 1.82) is 0 Å². The number of carbonyl (C=O) groups is 3. The van der Waals surface area contributed by atoms with Crippen LogP contribution in [0.25, 0.3) is 0 Å². The molecule has 0 bridgehead atoms. The van der Waals surface area contributed by atoms with Gasteiger partial charge in [0, 0.05) is 37.2 Å². The number of nitrogens with one attached hydrogen (secondary N) is 2. The van der Waals surface area contributed by atoms with Gasteiger partial charge in [-0.2, -0.15) is 0 Å². The Kier molecular flexibility index (Phi) is 5.68. The highest BCUT2D eigenvalue weighted by atomic mass is 35.5. The molecule has 9 heteroatoms. The van der Waals surface area contributed by atoms with E-state index in [2.05, 4.69) is 15.6 Å². The second kappa shape index (κ2) is 8.15. The second-order valence-electron chi connectivity index (χ2n) is 5.81. The van der Waals surface area contributed by atoms with Gasteiger partial charge in [-0.25, -0.2) is 9.78 Å². The maximum absolute atomic E-state index is 12.5. The largest absolute Gasteiger partial charge is 0.385 e. The van der Waals surface area contributed by atoms with Gasteiger partial charge in [0.2, 0.25) is 0 Å². The lowest BCUT2D eigenvalue weighted by Crippen LogP contribution is -2.31. The highest BCUT2D eigenvalue weighted by Crippen LogP contribution is 2.26. The topological polar surface area (TPSA) is 101 Å². The molecule has 0 fully saturated rings. The normalized spacial score (nSPS) is 12.9. The minimum Gasteiger partial charge on any atom is -0.385 e. The molecular formula is C18H17ClN4O4. The molecule has 8 nitrogen and oxygen atoms in total. The third kappa shape index (κ3) is 4.24. The lowest BCUT2D eigenvalue weighted by molar-refractivity contribution is 0.0638. The Bertz CT molecular complexity index is 903. The number of fused-ring (bicyclic) bond motifs is 1. The first kappa shape index (κ1) is 18.8.